The average molecular weight is 422 g/mol. The molecule has 0 bridgehead atoms. The number of nitrogens with two attached hydrogens (primary N) is 1. The second kappa shape index (κ2) is 9.43. The van der Waals surface area contributed by atoms with Crippen molar-refractivity contribution in [1.29, 1.82) is 0 Å². The van der Waals surface area contributed by atoms with Crippen LogP contribution >= 0.6 is 12.6 Å². The van der Waals surface area contributed by atoms with E-state index in [1.54, 1.807) is 6.07 Å². The van der Waals surface area contributed by atoms with E-state index < -0.39 is 31.1 Å². The fourth-order valence-corrected chi connectivity index (χ4v) is 3.19. The summed E-state index contributed by atoms with van der Waals surface area (Å²) in [6, 6.07) is 1.62. The number of carbonyl (C=O) groups excluding carboxylic acids is 1. The Hall–Kier alpha value is -2.36. The third-order valence-electron chi connectivity index (χ3n) is 4.49. The number of ether oxygens (including phenoxy) is 2. The largest absolute Gasteiger partial charge is 0.452 e. The summed E-state index contributed by atoms with van der Waals surface area (Å²) in [5, 5.41) is 30.3. The third-order valence-corrected chi connectivity index (χ3v) is 4.81. The zero-order chi connectivity index (χ0) is 21.0. The van der Waals surface area contributed by atoms with Crippen molar-refractivity contribution in [1.82, 2.24) is 14.5 Å². The van der Waals surface area contributed by atoms with E-state index in [0.717, 1.165) is 0 Å². The summed E-state index contributed by atoms with van der Waals surface area (Å²) < 4.78 is 12.1. The molecule has 0 aromatic carbocycles. The summed E-state index contributed by atoms with van der Waals surface area (Å²) in [5.41, 5.74) is 6.63. The predicted molar refractivity (Wildman–Crippen MR) is 106 cm³/mol. The molecule has 2 aromatic rings. The van der Waals surface area contributed by atoms with E-state index >= 15 is 0 Å². The lowest BCUT2D eigenvalue weighted by Gasteiger charge is -2.18. The molecular weight excluding hydrogens is 400 g/mol. The SMILES string of the molecule is Nc1ncnc2c1cc(C#CCOC(=O)CCCS)n2C1OC(CO)C(O)C1O. The molecule has 4 unspecified atom stereocenters. The second-order valence-electron chi connectivity index (χ2n) is 6.41. The fraction of sp³-hybridized carbons (Fsp3) is 0.500. The maximum Gasteiger partial charge on any atom is 0.306 e. The molecule has 0 spiro atoms. The van der Waals surface area contributed by atoms with Gasteiger partial charge in [-0.1, -0.05) is 5.92 Å². The number of carbonyl (C=O) groups is 1. The number of hydrogen-bond donors (Lipinski definition) is 5. The van der Waals surface area contributed by atoms with Gasteiger partial charge in [-0.15, -0.1) is 0 Å². The molecule has 11 heteroatoms. The molecular formula is C18H22N4O6S. The summed E-state index contributed by atoms with van der Waals surface area (Å²) in [6.45, 7) is -0.585. The number of fused-ring (bicyclic) bond motifs is 1. The zero-order valence-corrected chi connectivity index (χ0v) is 16.3. The smallest absolute Gasteiger partial charge is 0.306 e. The maximum atomic E-state index is 11.6. The number of anilines is 1. The number of hydrogen-bond acceptors (Lipinski definition) is 10. The zero-order valence-electron chi connectivity index (χ0n) is 15.4. The predicted octanol–water partition coefficient (Wildman–Crippen LogP) is -0.770. The molecule has 1 aliphatic rings. The number of nitrogen functional groups attached to an aromatic ring is 1. The van der Waals surface area contributed by atoms with Crippen molar-refractivity contribution in [2.24, 2.45) is 0 Å². The first-order valence-corrected chi connectivity index (χ1v) is 9.60. The summed E-state index contributed by atoms with van der Waals surface area (Å²) in [7, 11) is 0. The van der Waals surface area contributed by atoms with Crippen molar-refractivity contribution in [3.63, 3.8) is 0 Å². The van der Waals surface area contributed by atoms with Gasteiger partial charge in [0.25, 0.3) is 0 Å². The topological polar surface area (TPSA) is 153 Å². The molecule has 3 rings (SSSR count). The standard InChI is InChI=1S/C18H22N4O6S/c19-16-11-7-10(3-1-5-27-13(24)4-2-6-29)22(17(11)21-9-20-16)18-15(26)14(25)12(8-23)28-18/h7,9,12,14-15,18,23,25-26,29H,2,4-6,8H2,(H2,19,20,21). The highest BCUT2D eigenvalue weighted by atomic mass is 32.1. The van der Waals surface area contributed by atoms with Crippen molar-refractivity contribution in [3.05, 3.63) is 18.1 Å². The molecule has 0 radical (unpaired) electrons. The minimum atomic E-state index is -1.32. The minimum absolute atomic E-state index is 0.121. The first-order chi connectivity index (χ1) is 14.0. The highest BCUT2D eigenvalue weighted by molar-refractivity contribution is 7.80. The summed E-state index contributed by atoms with van der Waals surface area (Å²) in [6.07, 6.45) is -2.46. The van der Waals surface area contributed by atoms with Gasteiger partial charge in [-0.25, -0.2) is 9.97 Å². The molecule has 0 saturated carbocycles. The van der Waals surface area contributed by atoms with E-state index in [4.69, 9.17) is 15.2 Å². The van der Waals surface area contributed by atoms with Crippen molar-refractivity contribution in [2.45, 2.75) is 37.4 Å². The van der Waals surface area contributed by atoms with Crippen LogP contribution in [0.4, 0.5) is 5.82 Å². The Labute approximate surface area is 172 Å². The van der Waals surface area contributed by atoms with Gasteiger partial charge >= 0.3 is 5.97 Å². The lowest BCUT2D eigenvalue weighted by atomic mass is 10.1. The highest BCUT2D eigenvalue weighted by Gasteiger charge is 2.44. The van der Waals surface area contributed by atoms with Crippen LogP contribution in [-0.4, -0.2) is 73.1 Å². The van der Waals surface area contributed by atoms with E-state index in [0.29, 0.717) is 28.9 Å². The van der Waals surface area contributed by atoms with Crippen LogP contribution in [0.2, 0.25) is 0 Å². The highest BCUT2D eigenvalue weighted by Crippen LogP contribution is 2.34. The molecule has 0 aliphatic carbocycles. The molecule has 2 aromatic heterocycles. The Bertz CT molecular complexity index is 940. The fourth-order valence-electron chi connectivity index (χ4n) is 3.04. The Kier molecular flexibility index (Phi) is 6.94. The maximum absolute atomic E-state index is 11.6. The van der Waals surface area contributed by atoms with Gasteiger partial charge in [0.1, 0.15) is 36.1 Å². The summed E-state index contributed by atoms with van der Waals surface area (Å²) in [5.74, 6) is 6.01. The van der Waals surface area contributed by atoms with E-state index in [1.165, 1.54) is 10.9 Å². The molecule has 1 saturated heterocycles. The van der Waals surface area contributed by atoms with Crippen LogP contribution in [-0.2, 0) is 14.3 Å². The Morgan fingerprint density at radius 3 is 2.86 bits per heavy atom. The van der Waals surface area contributed by atoms with Gasteiger partial charge in [-0.2, -0.15) is 12.6 Å². The van der Waals surface area contributed by atoms with Gasteiger partial charge in [-0.3, -0.25) is 9.36 Å². The quantitative estimate of drug-likeness (QED) is 0.229. The molecule has 29 heavy (non-hydrogen) atoms. The minimum Gasteiger partial charge on any atom is -0.452 e. The normalized spacial score (nSPS) is 23.7. The monoisotopic (exact) mass is 422 g/mol. The number of rotatable bonds is 6. The number of aliphatic hydroxyl groups is 3. The van der Waals surface area contributed by atoms with Crippen molar-refractivity contribution >= 4 is 35.4 Å². The van der Waals surface area contributed by atoms with Gasteiger partial charge < -0.3 is 30.5 Å². The Balaban J connectivity index is 1.90. The molecule has 1 fully saturated rings. The Morgan fingerprint density at radius 2 is 2.17 bits per heavy atom. The van der Waals surface area contributed by atoms with Crippen LogP contribution in [0.25, 0.3) is 11.0 Å². The van der Waals surface area contributed by atoms with E-state index in [-0.39, 0.29) is 24.8 Å². The van der Waals surface area contributed by atoms with Crippen LogP contribution in [0.1, 0.15) is 24.8 Å². The number of nitrogens with zero attached hydrogens (tertiary/aromatic N) is 3. The number of aliphatic hydroxyl groups excluding tert-OH is 3. The molecule has 0 amide bonds. The first kappa shape index (κ1) is 21.4. The van der Waals surface area contributed by atoms with Gasteiger partial charge in [0.2, 0.25) is 0 Å². The van der Waals surface area contributed by atoms with E-state index in [1.807, 2.05) is 0 Å². The number of aromatic nitrogens is 3. The molecule has 3 heterocycles. The van der Waals surface area contributed by atoms with Gasteiger partial charge in [0.05, 0.1) is 17.7 Å². The Morgan fingerprint density at radius 1 is 1.38 bits per heavy atom. The molecule has 4 atom stereocenters. The second-order valence-corrected chi connectivity index (χ2v) is 6.86. The van der Waals surface area contributed by atoms with Crippen LogP contribution in [0.15, 0.2) is 12.4 Å². The van der Waals surface area contributed by atoms with Crippen molar-refractivity contribution < 1.29 is 29.6 Å². The van der Waals surface area contributed by atoms with Crippen LogP contribution in [0, 0.1) is 11.8 Å². The molecule has 156 valence electrons. The first-order valence-electron chi connectivity index (χ1n) is 8.97. The summed E-state index contributed by atoms with van der Waals surface area (Å²) in [4.78, 5) is 19.7. The van der Waals surface area contributed by atoms with Crippen molar-refractivity contribution in [2.75, 3.05) is 24.7 Å². The summed E-state index contributed by atoms with van der Waals surface area (Å²) >= 11 is 4.04. The van der Waals surface area contributed by atoms with E-state index in [9.17, 15) is 20.1 Å². The molecule has 1 aliphatic heterocycles. The van der Waals surface area contributed by atoms with Crippen molar-refractivity contribution in [3.8, 4) is 11.8 Å². The lowest BCUT2D eigenvalue weighted by molar-refractivity contribution is -0.142. The molecule has 10 nitrogen and oxygen atoms in total. The number of esters is 1. The van der Waals surface area contributed by atoms with Gasteiger partial charge in [-0.05, 0) is 24.2 Å². The van der Waals surface area contributed by atoms with Crippen LogP contribution < -0.4 is 5.73 Å². The van der Waals surface area contributed by atoms with Crippen LogP contribution in [0.3, 0.4) is 0 Å². The van der Waals surface area contributed by atoms with Crippen LogP contribution in [0.5, 0.6) is 0 Å². The van der Waals surface area contributed by atoms with E-state index in [2.05, 4.69) is 34.4 Å². The third kappa shape index (κ3) is 4.47. The van der Waals surface area contributed by atoms with Gasteiger partial charge in [0.15, 0.2) is 12.8 Å². The number of thiol groups is 1. The molecule has 5 N–H and O–H groups in total. The average Bonchev–Trinajstić information content (AvgIpc) is 3.22. The van der Waals surface area contributed by atoms with Gasteiger partial charge in [0, 0.05) is 6.42 Å². The lowest BCUT2D eigenvalue weighted by Crippen LogP contribution is -2.33.